The first-order chi connectivity index (χ1) is 8.12. The van der Waals surface area contributed by atoms with Crippen molar-refractivity contribution in [3.63, 3.8) is 0 Å². The van der Waals surface area contributed by atoms with Crippen LogP contribution in [0.1, 0.15) is 18.9 Å². The molecule has 0 aromatic heterocycles. The highest BCUT2D eigenvalue weighted by Gasteiger charge is 2.30. The van der Waals surface area contributed by atoms with Crippen LogP contribution in [-0.2, 0) is 10.3 Å². The van der Waals surface area contributed by atoms with Crippen LogP contribution in [0, 0.1) is 0 Å². The van der Waals surface area contributed by atoms with Crippen molar-refractivity contribution in [3.05, 3.63) is 35.9 Å². The van der Waals surface area contributed by atoms with E-state index >= 15 is 0 Å². The predicted octanol–water partition coefficient (Wildman–Crippen LogP) is 1.61. The van der Waals surface area contributed by atoms with Gasteiger partial charge in [-0.25, -0.2) is 0 Å². The van der Waals surface area contributed by atoms with Gasteiger partial charge in [-0.1, -0.05) is 30.3 Å². The Kier molecular flexibility index (Phi) is 3.82. The van der Waals surface area contributed by atoms with Crippen LogP contribution in [0.4, 0.5) is 0 Å². The van der Waals surface area contributed by atoms with E-state index < -0.39 is 5.60 Å². The number of hydrogen-bond donors (Lipinski definition) is 1. The summed E-state index contributed by atoms with van der Waals surface area (Å²) >= 11 is 0. The molecule has 3 heteroatoms. The van der Waals surface area contributed by atoms with E-state index in [0.29, 0.717) is 12.6 Å². The van der Waals surface area contributed by atoms with E-state index in [1.165, 1.54) is 0 Å². The van der Waals surface area contributed by atoms with E-state index in [4.69, 9.17) is 4.74 Å². The molecule has 0 saturated carbocycles. The third-order valence-corrected chi connectivity index (χ3v) is 3.49. The Morgan fingerprint density at radius 3 is 2.71 bits per heavy atom. The number of rotatable bonds is 4. The lowest BCUT2D eigenvalue weighted by molar-refractivity contribution is 0.0170. The molecule has 0 radical (unpaired) electrons. The number of methoxy groups -OCH3 is 1. The Hall–Kier alpha value is -0.900. The number of benzene rings is 1. The Morgan fingerprint density at radius 1 is 1.41 bits per heavy atom. The Bertz CT molecular complexity index is 350. The SMILES string of the molecule is COC1CCN(CC(C)(O)c2ccccc2)C1. The van der Waals surface area contributed by atoms with Gasteiger partial charge < -0.3 is 9.84 Å². The molecule has 0 aliphatic carbocycles. The maximum absolute atomic E-state index is 10.5. The zero-order valence-electron chi connectivity index (χ0n) is 10.6. The highest BCUT2D eigenvalue weighted by molar-refractivity contribution is 5.21. The normalized spacial score (nSPS) is 24.8. The van der Waals surface area contributed by atoms with E-state index in [0.717, 1.165) is 25.1 Å². The fourth-order valence-corrected chi connectivity index (χ4v) is 2.46. The molecule has 94 valence electrons. The predicted molar refractivity (Wildman–Crippen MR) is 67.9 cm³/mol. The minimum Gasteiger partial charge on any atom is -0.384 e. The van der Waals surface area contributed by atoms with E-state index in [9.17, 15) is 5.11 Å². The van der Waals surface area contributed by atoms with Crippen LogP contribution in [0.15, 0.2) is 30.3 Å². The van der Waals surface area contributed by atoms with E-state index in [1.54, 1.807) is 7.11 Å². The molecule has 1 fully saturated rings. The second-order valence-electron chi connectivity index (χ2n) is 5.02. The van der Waals surface area contributed by atoms with Crippen molar-refractivity contribution in [2.45, 2.75) is 25.0 Å². The molecule has 1 N–H and O–H groups in total. The standard InChI is InChI=1S/C14H21NO2/c1-14(16,12-6-4-3-5-7-12)11-15-9-8-13(10-15)17-2/h3-7,13,16H,8-11H2,1-2H3. The van der Waals surface area contributed by atoms with Gasteiger partial charge in [0.15, 0.2) is 0 Å². The molecule has 1 aromatic rings. The number of β-amino-alcohol motifs (C(OH)–C–C–N with tert-alkyl or cyclic N) is 1. The molecule has 1 aliphatic rings. The monoisotopic (exact) mass is 235 g/mol. The zero-order valence-corrected chi connectivity index (χ0v) is 10.6. The largest absolute Gasteiger partial charge is 0.384 e. The summed E-state index contributed by atoms with van der Waals surface area (Å²) in [6.45, 7) is 4.46. The topological polar surface area (TPSA) is 32.7 Å². The van der Waals surface area contributed by atoms with E-state index in [2.05, 4.69) is 4.90 Å². The molecular formula is C14H21NO2. The lowest BCUT2D eigenvalue weighted by Gasteiger charge is -2.29. The first-order valence-electron chi connectivity index (χ1n) is 6.15. The van der Waals surface area contributed by atoms with Crippen LogP contribution in [0.5, 0.6) is 0 Å². The molecule has 2 atom stereocenters. The quantitative estimate of drug-likeness (QED) is 0.860. The molecule has 0 amide bonds. The van der Waals surface area contributed by atoms with E-state index in [-0.39, 0.29) is 0 Å². The lowest BCUT2D eigenvalue weighted by Crippen LogP contribution is -2.38. The molecular weight excluding hydrogens is 214 g/mol. The molecule has 2 rings (SSSR count). The number of hydrogen-bond acceptors (Lipinski definition) is 3. The van der Waals surface area contributed by atoms with Crippen molar-refractivity contribution in [2.24, 2.45) is 0 Å². The smallest absolute Gasteiger partial charge is 0.0994 e. The zero-order chi connectivity index (χ0) is 12.3. The van der Waals surface area contributed by atoms with Gasteiger partial charge in [-0.3, -0.25) is 4.90 Å². The summed E-state index contributed by atoms with van der Waals surface area (Å²) in [5.41, 5.74) is 0.185. The summed E-state index contributed by atoms with van der Waals surface area (Å²) in [7, 11) is 1.75. The summed E-state index contributed by atoms with van der Waals surface area (Å²) in [5, 5.41) is 10.5. The fraction of sp³-hybridized carbons (Fsp3) is 0.571. The van der Waals surface area contributed by atoms with Crippen molar-refractivity contribution >= 4 is 0 Å². The van der Waals surface area contributed by atoms with Gasteiger partial charge in [-0.05, 0) is 18.9 Å². The van der Waals surface area contributed by atoms with Crippen molar-refractivity contribution in [1.82, 2.24) is 4.90 Å². The number of nitrogens with zero attached hydrogens (tertiary/aromatic N) is 1. The van der Waals surface area contributed by atoms with Crippen molar-refractivity contribution in [2.75, 3.05) is 26.7 Å². The maximum atomic E-state index is 10.5. The molecule has 1 heterocycles. The van der Waals surface area contributed by atoms with E-state index in [1.807, 2.05) is 37.3 Å². The minimum absolute atomic E-state index is 0.321. The van der Waals surface area contributed by atoms with Gasteiger partial charge in [0.25, 0.3) is 0 Å². The van der Waals surface area contributed by atoms with Crippen LogP contribution in [-0.4, -0.2) is 42.9 Å². The number of aliphatic hydroxyl groups is 1. The summed E-state index contributed by atoms with van der Waals surface area (Å²) in [5.74, 6) is 0. The second kappa shape index (κ2) is 5.17. The van der Waals surface area contributed by atoms with Gasteiger partial charge in [-0.2, -0.15) is 0 Å². The second-order valence-corrected chi connectivity index (χ2v) is 5.02. The Morgan fingerprint density at radius 2 is 2.12 bits per heavy atom. The van der Waals surface area contributed by atoms with Gasteiger partial charge >= 0.3 is 0 Å². The number of likely N-dealkylation sites (tertiary alicyclic amines) is 1. The van der Waals surface area contributed by atoms with Crippen LogP contribution in [0.2, 0.25) is 0 Å². The first-order valence-corrected chi connectivity index (χ1v) is 6.15. The van der Waals surface area contributed by atoms with Crippen LogP contribution in [0.25, 0.3) is 0 Å². The third-order valence-electron chi connectivity index (χ3n) is 3.49. The summed E-state index contributed by atoms with van der Waals surface area (Å²) in [4.78, 5) is 2.27. The van der Waals surface area contributed by atoms with Gasteiger partial charge in [-0.15, -0.1) is 0 Å². The molecule has 0 bridgehead atoms. The molecule has 3 nitrogen and oxygen atoms in total. The summed E-state index contributed by atoms with van der Waals surface area (Å²) < 4.78 is 5.34. The highest BCUT2D eigenvalue weighted by Crippen LogP contribution is 2.24. The highest BCUT2D eigenvalue weighted by atomic mass is 16.5. The fourth-order valence-electron chi connectivity index (χ4n) is 2.46. The average Bonchev–Trinajstić information content (AvgIpc) is 2.77. The molecule has 0 spiro atoms. The van der Waals surface area contributed by atoms with Crippen molar-refractivity contribution < 1.29 is 9.84 Å². The molecule has 2 unspecified atom stereocenters. The van der Waals surface area contributed by atoms with Gasteiger partial charge in [0.05, 0.1) is 11.7 Å². The molecule has 1 aliphatic heterocycles. The Labute approximate surface area is 103 Å². The van der Waals surface area contributed by atoms with Crippen LogP contribution in [0.3, 0.4) is 0 Å². The Balaban J connectivity index is 1.98. The minimum atomic E-state index is -0.788. The van der Waals surface area contributed by atoms with Gasteiger partial charge in [0.2, 0.25) is 0 Å². The first kappa shape index (κ1) is 12.6. The molecule has 17 heavy (non-hydrogen) atoms. The van der Waals surface area contributed by atoms with Crippen LogP contribution >= 0.6 is 0 Å². The van der Waals surface area contributed by atoms with Crippen molar-refractivity contribution in [1.29, 1.82) is 0 Å². The summed E-state index contributed by atoms with van der Waals surface area (Å²) in [6.07, 6.45) is 1.38. The molecule has 1 saturated heterocycles. The van der Waals surface area contributed by atoms with Crippen molar-refractivity contribution in [3.8, 4) is 0 Å². The maximum Gasteiger partial charge on any atom is 0.0994 e. The summed E-state index contributed by atoms with van der Waals surface area (Å²) in [6, 6.07) is 9.85. The van der Waals surface area contributed by atoms with Gasteiger partial charge in [0, 0.05) is 26.7 Å². The van der Waals surface area contributed by atoms with Crippen LogP contribution < -0.4 is 0 Å². The van der Waals surface area contributed by atoms with Gasteiger partial charge in [0.1, 0.15) is 0 Å². The number of ether oxygens (including phenoxy) is 1. The lowest BCUT2D eigenvalue weighted by atomic mass is 9.95. The third kappa shape index (κ3) is 3.06. The molecule has 1 aromatic carbocycles. The average molecular weight is 235 g/mol.